The quantitative estimate of drug-likeness (QED) is 0.907. The molecule has 2 fully saturated rings. The van der Waals surface area contributed by atoms with Crippen molar-refractivity contribution < 1.29 is 13.2 Å². The van der Waals surface area contributed by atoms with Gasteiger partial charge in [0.05, 0.1) is 4.91 Å². The van der Waals surface area contributed by atoms with E-state index in [0.717, 1.165) is 31.2 Å². The van der Waals surface area contributed by atoms with Crippen molar-refractivity contribution in [1.82, 2.24) is 9.62 Å². The molecule has 1 aliphatic heterocycles. The number of amides is 1. The molecule has 1 amide bonds. The Morgan fingerprint density at radius 2 is 1.92 bits per heavy atom. The molecule has 1 saturated carbocycles. The molecule has 1 N–H and O–H groups in total. The van der Waals surface area contributed by atoms with Gasteiger partial charge >= 0.3 is 0 Å². The first-order chi connectivity index (χ1) is 11.6. The summed E-state index contributed by atoms with van der Waals surface area (Å²) in [5.74, 6) is -0.129. The summed E-state index contributed by atoms with van der Waals surface area (Å²) in [6, 6.07) is 7.59. The van der Waals surface area contributed by atoms with E-state index in [4.69, 9.17) is 0 Å². The summed E-state index contributed by atoms with van der Waals surface area (Å²) in [7, 11) is -3.58. The summed E-state index contributed by atoms with van der Waals surface area (Å²) in [4.78, 5) is 12.8. The Kier molecular flexibility index (Phi) is 3.96. The van der Waals surface area contributed by atoms with Gasteiger partial charge in [-0.15, -0.1) is 0 Å². The van der Waals surface area contributed by atoms with Crippen LogP contribution in [0.15, 0.2) is 29.2 Å². The van der Waals surface area contributed by atoms with Gasteiger partial charge in [-0.05, 0) is 55.7 Å². The molecular weight excluding hydrogens is 324 g/mol. The molecule has 1 atom stereocenters. The summed E-state index contributed by atoms with van der Waals surface area (Å²) in [6.07, 6.45) is 6.39. The molecule has 24 heavy (non-hydrogen) atoms. The van der Waals surface area contributed by atoms with E-state index in [-0.39, 0.29) is 11.9 Å². The zero-order valence-electron chi connectivity index (χ0n) is 13.6. The smallest absolute Gasteiger partial charge is 0.239 e. The van der Waals surface area contributed by atoms with Crippen LogP contribution in [0.3, 0.4) is 0 Å². The van der Waals surface area contributed by atoms with E-state index in [1.165, 1.54) is 9.87 Å². The van der Waals surface area contributed by atoms with Crippen LogP contribution in [0.4, 0.5) is 0 Å². The van der Waals surface area contributed by atoms with Crippen molar-refractivity contribution in [2.75, 3.05) is 6.54 Å². The summed E-state index contributed by atoms with van der Waals surface area (Å²) < 4.78 is 27.6. The van der Waals surface area contributed by atoms with Crippen molar-refractivity contribution in [3.05, 3.63) is 40.3 Å². The minimum atomic E-state index is -3.58. The van der Waals surface area contributed by atoms with E-state index in [0.29, 0.717) is 24.3 Å². The van der Waals surface area contributed by atoms with Crippen LogP contribution in [-0.4, -0.2) is 37.3 Å². The number of aryl methyl sites for hydroxylation is 1. The molecule has 0 spiro atoms. The van der Waals surface area contributed by atoms with E-state index in [9.17, 15) is 13.2 Å². The molecule has 0 aromatic heterocycles. The molecule has 3 aliphatic rings. The molecule has 4 rings (SSSR count). The van der Waals surface area contributed by atoms with Crippen molar-refractivity contribution >= 4 is 22.0 Å². The number of allylic oxidation sites excluding steroid dienone is 1. The van der Waals surface area contributed by atoms with Crippen molar-refractivity contribution in [2.45, 2.75) is 50.6 Å². The van der Waals surface area contributed by atoms with Crippen molar-refractivity contribution in [3.8, 4) is 0 Å². The molecule has 1 heterocycles. The fourth-order valence-corrected chi connectivity index (χ4v) is 5.42. The average Bonchev–Trinajstić information content (AvgIpc) is 3.25. The first kappa shape index (κ1) is 15.8. The monoisotopic (exact) mass is 346 g/mol. The van der Waals surface area contributed by atoms with Gasteiger partial charge in [-0.1, -0.05) is 24.3 Å². The number of carbonyl (C=O) groups is 1. The zero-order valence-corrected chi connectivity index (χ0v) is 14.4. The lowest BCUT2D eigenvalue weighted by Crippen LogP contribution is -2.46. The van der Waals surface area contributed by atoms with Gasteiger partial charge in [-0.3, -0.25) is 4.79 Å². The lowest BCUT2D eigenvalue weighted by Gasteiger charge is -2.26. The highest BCUT2D eigenvalue weighted by Gasteiger charge is 2.41. The van der Waals surface area contributed by atoms with E-state index in [1.54, 1.807) is 6.08 Å². The number of nitrogens with one attached hydrogen (secondary N) is 1. The average molecular weight is 346 g/mol. The van der Waals surface area contributed by atoms with Crippen LogP contribution in [0, 0.1) is 0 Å². The molecule has 2 aliphatic carbocycles. The van der Waals surface area contributed by atoms with Crippen molar-refractivity contribution in [1.29, 1.82) is 0 Å². The topological polar surface area (TPSA) is 66.5 Å². The molecule has 1 saturated heterocycles. The number of hydrogen-bond donors (Lipinski definition) is 1. The molecule has 6 heteroatoms. The maximum atomic E-state index is 13.1. The van der Waals surface area contributed by atoms with Gasteiger partial charge in [0.2, 0.25) is 15.9 Å². The normalized spacial score (nSPS) is 24.3. The Labute approximate surface area is 142 Å². The van der Waals surface area contributed by atoms with Crippen LogP contribution in [0.2, 0.25) is 0 Å². The summed E-state index contributed by atoms with van der Waals surface area (Å²) in [5, 5.41) is 2.95. The fourth-order valence-electron chi connectivity index (χ4n) is 3.58. The minimum absolute atomic E-state index is 0.129. The Balaban J connectivity index is 1.60. The van der Waals surface area contributed by atoms with E-state index >= 15 is 0 Å². The van der Waals surface area contributed by atoms with Gasteiger partial charge in [-0.2, -0.15) is 4.31 Å². The van der Waals surface area contributed by atoms with E-state index in [2.05, 4.69) is 5.32 Å². The maximum absolute atomic E-state index is 13.1. The lowest BCUT2D eigenvalue weighted by molar-refractivity contribution is -0.124. The second kappa shape index (κ2) is 6.01. The predicted octanol–water partition coefficient (Wildman–Crippen LogP) is 2.05. The first-order valence-electron chi connectivity index (χ1n) is 8.66. The van der Waals surface area contributed by atoms with Crippen LogP contribution in [0.25, 0.3) is 6.08 Å². The number of sulfonamides is 1. The Morgan fingerprint density at radius 3 is 2.71 bits per heavy atom. The second-order valence-corrected chi connectivity index (χ2v) is 8.81. The standard InChI is InChI=1S/C18H22N2O3S/c21-18(19-15-8-9-15)17-6-3-11-20(17)24(22,23)16-10-7-13-4-1-2-5-14(13)12-16/h1-2,4-5,12,15,17H,3,6-11H2,(H,19,21)/t17-/m1/s1. The number of carbonyl (C=O) groups excluding carboxylic acids is 1. The highest BCUT2D eigenvalue weighted by Crippen LogP contribution is 2.33. The SMILES string of the molecule is O=C(NC1CC1)[C@H]1CCCN1S(=O)(=O)C1=Cc2ccccc2CC1. The maximum Gasteiger partial charge on any atom is 0.239 e. The third-order valence-electron chi connectivity index (χ3n) is 5.08. The summed E-state index contributed by atoms with van der Waals surface area (Å²) in [6.45, 7) is 0.435. The Morgan fingerprint density at radius 1 is 1.12 bits per heavy atom. The highest BCUT2D eigenvalue weighted by molar-refractivity contribution is 7.93. The lowest BCUT2D eigenvalue weighted by atomic mass is 9.98. The van der Waals surface area contributed by atoms with Gasteiger partial charge in [-0.25, -0.2) is 8.42 Å². The van der Waals surface area contributed by atoms with Gasteiger partial charge in [0.15, 0.2) is 0 Å². The highest BCUT2D eigenvalue weighted by atomic mass is 32.2. The van der Waals surface area contributed by atoms with Crippen LogP contribution in [-0.2, 0) is 21.2 Å². The molecule has 0 unspecified atom stereocenters. The molecule has 5 nitrogen and oxygen atoms in total. The number of nitrogens with zero attached hydrogens (tertiary/aromatic N) is 1. The second-order valence-electron chi connectivity index (χ2n) is 6.87. The van der Waals surface area contributed by atoms with Crippen LogP contribution in [0.1, 0.15) is 43.2 Å². The van der Waals surface area contributed by atoms with Crippen LogP contribution in [0.5, 0.6) is 0 Å². The molecule has 1 aromatic carbocycles. The van der Waals surface area contributed by atoms with Gasteiger partial charge < -0.3 is 5.32 Å². The summed E-state index contributed by atoms with van der Waals surface area (Å²) >= 11 is 0. The Hall–Kier alpha value is -1.66. The Bertz CT molecular complexity index is 796. The van der Waals surface area contributed by atoms with Crippen LogP contribution < -0.4 is 5.32 Å². The molecular formula is C18H22N2O3S. The molecule has 0 radical (unpaired) electrons. The third-order valence-corrected chi connectivity index (χ3v) is 7.12. The van der Waals surface area contributed by atoms with E-state index < -0.39 is 16.1 Å². The zero-order chi connectivity index (χ0) is 16.7. The van der Waals surface area contributed by atoms with Gasteiger partial charge in [0, 0.05) is 12.6 Å². The number of hydrogen-bond acceptors (Lipinski definition) is 3. The summed E-state index contributed by atoms with van der Waals surface area (Å²) in [5.41, 5.74) is 2.15. The number of benzene rings is 1. The van der Waals surface area contributed by atoms with Gasteiger partial charge in [0.1, 0.15) is 6.04 Å². The molecule has 128 valence electrons. The van der Waals surface area contributed by atoms with E-state index in [1.807, 2.05) is 24.3 Å². The number of rotatable bonds is 4. The fraction of sp³-hybridized carbons (Fsp3) is 0.500. The number of fused-ring (bicyclic) bond motifs is 1. The van der Waals surface area contributed by atoms with Crippen molar-refractivity contribution in [3.63, 3.8) is 0 Å². The first-order valence-corrected chi connectivity index (χ1v) is 10.1. The van der Waals surface area contributed by atoms with Crippen LogP contribution >= 0.6 is 0 Å². The predicted molar refractivity (Wildman–Crippen MR) is 92.6 cm³/mol. The van der Waals surface area contributed by atoms with Gasteiger partial charge in [0.25, 0.3) is 0 Å². The minimum Gasteiger partial charge on any atom is -0.352 e. The third kappa shape index (κ3) is 2.89. The van der Waals surface area contributed by atoms with Crippen molar-refractivity contribution in [2.24, 2.45) is 0 Å². The molecule has 0 bridgehead atoms. The molecule has 1 aromatic rings. The largest absolute Gasteiger partial charge is 0.352 e.